The van der Waals surface area contributed by atoms with Crippen molar-refractivity contribution in [2.75, 3.05) is 27.9 Å². The van der Waals surface area contributed by atoms with E-state index in [0.29, 0.717) is 17.8 Å². The third kappa shape index (κ3) is 3.18. The first-order chi connectivity index (χ1) is 11.0. The van der Waals surface area contributed by atoms with E-state index in [4.69, 9.17) is 18.9 Å². The fourth-order valence-electron chi connectivity index (χ4n) is 2.79. The summed E-state index contributed by atoms with van der Waals surface area (Å²) in [4.78, 5) is 11.5. The number of esters is 1. The van der Waals surface area contributed by atoms with Crippen molar-refractivity contribution in [3.8, 4) is 5.75 Å². The second-order valence-electron chi connectivity index (χ2n) is 5.28. The van der Waals surface area contributed by atoms with Gasteiger partial charge in [0.1, 0.15) is 11.5 Å². The van der Waals surface area contributed by atoms with E-state index in [1.807, 2.05) is 18.2 Å². The number of hydrogen-bond acceptors (Lipinski definition) is 5. The van der Waals surface area contributed by atoms with Crippen molar-refractivity contribution in [1.82, 2.24) is 0 Å². The number of hydrogen-bond donors (Lipinski definition) is 0. The van der Waals surface area contributed by atoms with E-state index in [2.05, 4.69) is 6.58 Å². The normalized spacial score (nSPS) is 15.9. The Bertz CT molecular complexity index is 645. The topological polar surface area (TPSA) is 54.0 Å². The maximum absolute atomic E-state index is 11.5. The minimum atomic E-state index is -0.385. The zero-order valence-electron chi connectivity index (χ0n) is 14.0. The second kappa shape index (κ2) is 7.22. The Morgan fingerprint density at radius 3 is 2.48 bits per heavy atom. The first-order valence-corrected chi connectivity index (χ1v) is 7.37. The molecule has 0 aromatic heterocycles. The molecule has 1 aromatic carbocycles. The van der Waals surface area contributed by atoms with Crippen LogP contribution in [0.5, 0.6) is 5.75 Å². The first-order valence-electron chi connectivity index (χ1n) is 7.37. The molecule has 1 unspecified atom stereocenters. The van der Waals surface area contributed by atoms with E-state index >= 15 is 0 Å². The Labute approximate surface area is 136 Å². The Morgan fingerprint density at radius 1 is 1.17 bits per heavy atom. The molecule has 0 N–H and O–H groups in total. The lowest BCUT2D eigenvalue weighted by molar-refractivity contribution is -0.139. The van der Waals surface area contributed by atoms with Crippen molar-refractivity contribution in [3.63, 3.8) is 0 Å². The first kappa shape index (κ1) is 16.9. The van der Waals surface area contributed by atoms with Crippen molar-refractivity contribution in [1.29, 1.82) is 0 Å². The average molecular weight is 318 g/mol. The molecular weight excluding hydrogens is 296 g/mol. The predicted molar refractivity (Wildman–Crippen MR) is 87.1 cm³/mol. The van der Waals surface area contributed by atoms with Gasteiger partial charge in [-0.05, 0) is 25.0 Å². The molecule has 5 heteroatoms. The summed E-state index contributed by atoms with van der Waals surface area (Å²) in [6.07, 6.45) is 0.592. The Balaban J connectivity index is 2.28. The molecule has 0 bridgehead atoms. The van der Waals surface area contributed by atoms with Gasteiger partial charge >= 0.3 is 5.97 Å². The van der Waals surface area contributed by atoms with E-state index in [1.165, 1.54) is 0 Å². The molecule has 0 amide bonds. The van der Waals surface area contributed by atoms with E-state index in [0.717, 1.165) is 22.6 Å². The number of methoxy groups -OCH3 is 3. The number of fused-ring (bicyclic) bond motifs is 1. The van der Waals surface area contributed by atoms with Crippen LogP contribution < -0.4 is 4.74 Å². The third-order valence-electron chi connectivity index (χ3n) is 3.83. The maximum atomic E-state index is 11.5. The minimum absolute atomic E-state index is 0.0435. The minimum Gasteiger partial charge on any atom is -0.497 e. The molecule has 2 rings (SSSR count). The van der Waals surface area contributed by atoms with Gasteiger partial charge in [0.25, 0.3) is 0 Å². The standard InChI is InChI=1S/C18H22O5/c1-11(2)18(19)23-10-9-13-12-7-6-8-14(20-3)15(12)17(22-5)16(13)21-4/h6-8,13H,1,9-10H2,2-5H3. The average Bonchev–Trinajstić information content (AvgIpc) is 2.87. The maximum Gasteiger partial charge on any atom is 0.333 e. The summed E-state index contributed by atoms with van der Waals surface area (Å²) >= 11 is 0. The molecule has 124 valence electrons. The number of ether oxygens (including phenoxy) is 4. The monoisotopic (exact) mass is 318 g/mol. The largest absolute Gasteiger partial charge is 0.497 e. The lowest BCUT2D eigenvalue weighted by atomic mass is 9.96. The van der Waals surface area contributed by atoms with Crippen molar-refractivity contribution in [3.05, 3.63) is 47.2 Å². The lowest BCUT2D eigenvalue weighted by Gasteiger charge is -2.15. The second-order valence-corrected chi connectivity index (χ2v) is 5.28. The highest BCUT2D eigenvalue weighted by atomic mass is 16.5. The molecule has 0 heterocycles. The Morgan fingerprint density at radius 2 is 1.91 bits per heavy atom. The molecule has 5 nitrogen and oxygen atoms in total. The van der Waals surface area contributed by atoms with Gasteiger partial charge in [-0.1, -0.05) is 18.7 Å². The van der Waals surface area contributed by atoms with Gasteiger partial charge in [-0.15, -0.1) is 0 Å². The lowest BCUT2D eigenvalue weighted by Crippen LogP contribution is -2.10. The van der Waals surface area contributed by atoms with E-state index in [1.54, 1.807) is 28.3 Å². The van der Waals surface area contributed by atoms with Crippen LogP contribution in [0.4, 0.5) is 0 Å². The summed E-state index contributed by atoms with van der Waals surface area (Å²) in [6, 6.07) is 5.82. The van der Waals surface area contributed by atoms with Gasteiger partial charge in [-0.3, -0.25) is 0 Å². The van der Waals surface area contributed by atoms with Crippen molar-refractivity contribution < 1.29 is 23.7 Å². The van der Waals surface area contributed by atoms with Gasteiger partial charge < -0.3 is 18.9 Å². The van der Waals surface area contributed by atoms with Crippen LogP contribution in [0.3, 0.4) is 0 Å². The zero-order chi connectivity index (χ0) is 17.0. The summed E-state index contributed by atoms with van der Waals surface area (Å²) in [5, 5.41) is 0. The molecule has 0 aliphatic heterocycles. The smallest absolute Gasteiger partial charge is 0.333 e. The molecule has 1 aromatic rings. The Hall–Kier alpha value is -2.43. The van der Waals surface area contributed by atoms with Crippen LogP contribution in [0.15, 0.2) is 36.1 Å². The number of benzene rings is 1. The van der Waals surface area contributed by atoms with Crippen LogP contribution in [0.25, 0.3) is 5.76 Å². The molecule has 0 fully saturated rings. The number of carbonyl (C=O) groups is 1. The summed E-state index contributed by atoms with van der Waals surface area (Å²) < 4.78 is 21.7. The van der Waals surface area contributed by atoms with Gasteiger partial charge in [0.15, 0.2) is 5.76 Å². The van der Waals surface area contributed by atoms with Crippen molar-refractivity contribution in [2.45, 2.75) is 19.3 Å². The molecule has 1 aliphatic carbocycles. The van der Waals surface area contributed by atoms with Crippen LogP contribution in [-0.2, 0) is 19.0 Å². The van der Waals surface area contributed by atoms with E-state index in [-0.39, 0.29) is 18.5 Å². The van der Waals surface area contributed by atoms with Gasteiger partial charge in [-0.25, -0.2) is 4.79 Å². The molecule has 0 saturated heterocycles. The van der Waals surface area contributed by atoms with Crippen LogP contribution >= 0.6 is 0 Å². The fourth-order valence-corrected chi connectivity index (χ4v) is 2.79. The van der Waals surface area contributed by atoms with Crippen molar-refractivity contribution in [2.24, 2.45) is 0 Å². The molecule has 0 saturated carbocycles. The third-order valence-corrected chi connectivity index (χ3v) is 3.83. The molecule has 23 heavy (non-hydrogen) atoms. The summed E-state index contributed by atoms with van der Waals surface area (Å²) in [6.45, 7) is 5.48. The molecule has 0 spiro atoms. The number of carbonyl (C=O) groups excluding carboxylic acids is 1. The highest BCUT2D eigenvalue weighted by Crippen LogP contribution is 2.47. The van der Waals surface area contributed by atoms with Crippen LogP contribution in [-0.4, -0.2) is 33.9 Å². The van der Waals surface area contributed by atoms with Crippen LogP contribution in [0.2, 0.25) is 0 Å². The summed E-state index contributed by atoms with van der Waals surface area (Å²) in [7, 11) is 4.84. The van der Waals surface area contributed by atoms with Gasteiger partial charge in [0, 0.05) is 11.5 Å². The zero-order valence-corrected chi connectivity index (χ0v) is 14.0. The van der Waals surface area contributed by atoms with E-state index in [9.17, 15) is 4.79 Å². The molecule has 1 atom stereocenters. The summed E-state index contributed by atoms with van der Waals surface area (Å²) in [5.41, 5.74) is 2.33. The fraction of sp³-hybridized carbons (Fsp3) is 0.389. The van der Waals surface area contributed by atoms with Gasteiger partial charge in [-0.2, -0.15) is 0 Å². The molecular formula is C18H22O5. The van der Waals surface area contributed by atoms with Crippen molar-refractivity contribution >= 4 is 11.7 Å². The highest BCUT2D eigenvalue weighted by molar-refractivity contribution is 5.86. The quantitative estimate of drug-likeness (QED) is 0.570. The van der Waals surface area contributed by atoms with E-state index < -0.39 is 0 Å². The van der Waals surface area contributed by atoms with Gasteiger partial charge in [0.2, 0.25) is 0 Å². The SMILES string of the molecule is C=C(C)C(=O)OCCC1C(OC)=C(OC)c2c(OC)cccc21. The van der Waals surface area contributed by atoms with Crippen LogP contribution in [0.1, 0.15) is 30.4 Å². The highest BCUT2D eigenvalue weighted by Gasteiger charge is 2.35. The predicted octanol–water partition coefficient (Wildman–Crippen LogP) is 3.26. The number of allylic oxidation sites excluding steroid dienone is 1. The summed E-state index contributed by atoms with van der Waals surface area (Å²) in [5.74, 6) is 1.69. The Kier molecular flexibility index (Phi) is 5.32. The van der Waals surface area contributed by atoms with Gasteiger partial charge in [0.05, 0.1) is 33.5 Å². The number of rotatable bonds is 7. The van der Waals surface area contributed by atoms with Crippen LogP contribution in [0, 0.1) is 0 Å². The molecule has 1 aliphatic rings. The molecule has 0 radical (unpaired) electrons.